The van der Waals surface area contributed by atoms with Crippen molar-refractivity contribution in [3.63, 3.8) is 0 Å². The molecule has 1 aromatic rings. The topological polar surface area (TPSA) is 12.5 Å². The lowest BCUT2D eigenvalue weighted by Crippen LogP contribution is -2.60. The Balaban J connectivity index is 1.87. The van der Waals surface area contributed by atoms with E-state index in [-0.39, 0.29) is 5.54 Å². The molecule has 2 nitrogen and oxygen atoms in total. The lowest BCUT2D eigenvalue weighted by Gasteiger charge is -2.51. The number of benzene rings is 1. The zero-order chi connectivity index (χ0) is 11.7. The molecule has 0 saturated carbocycles. The maximum Gasteiger partial charge on any atom is 0.0933 e. The number of nitrogens with zero attached hydrogens (tertiary/aromatic N) is 1. The largest absolute Gasteiger partial charge is 0.377 e. The van der Waals surface area contributed by atoms with Gasteiger partial charge in [-0.2, -0.15) is 0 Å². The van der Waals surface area contributed by atoms with E-state index in [4.69, 9.17) is 4.74 Å². The number of ether oxygens (including phenoxy) is 1. The summed E-state index contributed by atoms with van der Waals surface area (Å²) in [6.07, 6.45) is 4.07. The zero-order valence-corrected chi connectivity index (χ0v) is 12.2. The average molecular weight is 343 g/mol. The summed E-state index contributed by atoms with van der Waals surface area (Å²) < 4.78 is 6.84. The van der Waals surface area contributed by atoms with E-state index in [1.165, 1.54) is 41.5 Å². The summed E-state index contributed by atoms with van der Waals surface area (Å²) in [5, 5.41) is 0. The van der Waals surface area contributed by atoms with Crippen molar-refractivity contribution >= 4 is 22.6 Å². The molecule has 0 radical (unpaired) electrons. The lowest BCUT2D eigenvalue weighted by atomic mass is 9.84. The van der Waals surface area contributed by atoms with E-state index in [2.05, 4.69) is 51.8 Å². The Morgan fingerprint density at radius 1 is 1.00 bits per heavy atom. The summed E-state index contributed by atoms with van der Waals surface area (Å²) >= 11 is 2.36. The normalized spacial score (nSPS) is 24.3. The first-order valence-corrected chi connectivity index (χ1v) is 7.48. The molecule has 2 heterocycles. The van der Waals surface area contributed by atoms with E-state index in [1.54, 1.807) is 0 Å². The Morgan fingerprint density at radius 3 is 2.18 bits per heavy atom. The lowest BCUT2D eigenvalue weighted by molar-refractivity contribution is -0.151. The standard InChI is InChI=1S/C14H18INO/c15-13-6-4-12(5-7-13)14(10-17-11-14)16-8-2-1-3-9-16/h4-7H,1-3,8-11H2. The van der Waals surface area contributed by atoms with Crippen LogP contribution < -0.4 is 0 Å². The Kier molecular flexibility index (Phi) is 3.41. The number of hydrogen-bond acceptors (Lipinski definition) is 2. The molecule has 0 bridgehead atoms. The van der Waals surface area contributed by atoms with Crippen LogP contribution in [0.2, 0.25) is 0 Å². The van der Waals surface area contributed by atoms with Crippen LogP contribution in [0.1, 0.15) is 24.8 Å². The molecule has 0 amide bonds. The van der Waals surface area contributed by atoms with Crippen LogP contribution in [0.5, 0.6) is 0 Å². The first-order valence-electron chi connectivity index (χ1n) is 6.40. The molecular weight excluding hydrogens is 325 g/mol. The van der Waals surface area contributed by atoms with Crippen molar-refractivity contribution in [2.45, 2.75) is 24.8 Å². The predicted octanol–water partition coefficient (Wildman–Crippen LogP) is 3.00. The maximum absolute atomic E-state index is 5.53. The summed E-state index contributed by atoms with van der Waals surface area (Å²) in [6.45, 7) is 4.20. The minimum atomic E-state index is 0.185. The van der Waals surface area contributed by atoms with Gasteiger partial charge in [0.2, 0.25) is 0 Å². The highest BCUT2D eigenvalue weighted by molar-refractivity contribution is 14.1. The molecular formula is C14H18INO. The third-order valence-electron chi connectivity index (χ3n) is 4.02. The van der Waals surface area contributed by atoms with Crippen LogP contribution in [-0.2, 0) is 10.3 Å². The van der Waals surface area contributed by atoms with E-state index in [9.17, 15) is 0 Å². The third kappa shape index (κ3) is 2.13. The van der Waals surface area contributed by atoms with Gasteiger partial charge in [-0.3, -0.25) is 4.90 Å². The Morgan fingerprint density at radius 2 is 1.65 bits per heavy atom. The minimum absolute atomic E-state index is 0.185. The van der Waals surface area contributed by atoms with Crippen molar-refractivity contribution in [2.75, 3.05) is 26.3 Å². The van der Waals surface area contributed by atoms with Gasteiger partial charge in [-0.05, 0) is 66.2 Å². The van der Waals surface area contributed by atoms with Crippen LogP contribution in [0.25, 0.3) is 0 Å². The Hall–Kier alpha value is -0.130. The van der Waals surface area contributed by atoms with Crippen molar-refractivity contribution in [3.05, 3.63) is 33.4 Å². The summed E-state index contributed by atoms with van der Waals surface area (Å²) in [4.78, 5) is 2.64. The number of rotatable bonds is 2. The molecule has 0 unspecified atom stereocenters. The van der Waals surface area contributed by atoms with Gasteiger partial charge in [-0.15, -0.1) is 0 Å². The highest BCUT2D eigenvalue weighted by Crippen LogP contribution is 2.37. The Labute approximate surface area is 116 Å². The first-order chi connectivity index (χ1) is 8.31. The van der Waals surface area contributed by atoms with Gasteiger partial charge in [0, 0.05) is 3.57 Å². The van der Waals surface area contributed by atoms with Crippen LogP contribution in [0.15, 0.2) is 24.3 Å². The number of hydrogen-bond donors (Lipinski definition) is 0. The van der Waals surface area contributed by atoms with Gasteiger partial charge < -0.3 is 4.74 Å². The smallest absolute Gasteiger partial charge is 0.0933 e. The molecule has 2 aliphatic rings. The summed E-state index contributed by atoms with van der Waals surface area (Å²) in [7, 11) is 0. The molecule has 3 rings (SSSR count). The highest BCUT2D eigenvalue weighted by atomic mass is 127. The SMILES string of the molecule is Ic1ccc(C2(N3CCCCC3)COC2)cc1. The van der Waals surface area contributed by atoms with Gasteiger partial charge in [-0.1, -0.05) is 18.6 Å². The number of piperidine rings is 1. The highest BCUT2D eigenvalue weighted by Gasteiger charge is 2.45. The van der Waals surface area contributed by atoms with Gasteiger partial charge in [0.1, 0.15) is 0 Å². The fourth-order valence-electron chi connectivity index (χ4n) is 2.91. The van der Waals surface area contributed by atoms with Crippen LogP contribution in [0.3, 0.4) is 0 Å². The van der Waals surface area contributed by atoms with Crippen LogP contribution >= 0.6 is 22.6 Å². The molecule has 2 fully saturated rings. The molecule has 92 valence electrons. The molecule has 2 aliphatic heterocycles. The van der Waals surface area contributed by atoms with E-state index < -0.39 is 0 Å². The molecule has 1 aromatic carbocycles. The summed E-state index contributed by atoms with van der Waals surface area (Å²) in [6, 6.07) is 8.97. The number of likely N-dealkylation sites (tertiary alicyclic amines) is 1. The third-order valence-corrected chi connectivity index (χ3v) is 4.74. The second-order valence-electron chi connectivity index (χ2n) is 5.08. The molecule has 17 heavy (non-hydrogen) atoms. The van der Waals surface area contributed by atoms with Crippen molar-refractivity contribution in [2.24, 2.45) is 0 Å². The van der Waals surface area contributed by atoms with Gasteiger partial charge in [0.05, 0.1) is 18.8 Å². The van der Waals surface area contributed by atoms with Gasteiger partial charge in [-0.25, -0.2) is 0 Å². The van der Waals surface area contributed by atoms with Crippen molar-refractivity contribution in [3.8, 4) is 0 Å². The second-order valence-corrected chi connectivity index (χ2v) is 6.32. The fourth-order valence-corrected chi connectivity index (χ4v) is 3.27. The van der Waals surface area contributed by atoms with Crippen LogP contribution in [0, 0.1) is 3.57 Å². The molecule has 0 aliphatic carbocycles. The maximum atomic E-state index is 5.53. The van der Waals surface area contributed by atoms with E-state index >= 15 is 0 Å². The zero-order valence-electron chi connectivity index (χ0n) is 9.99. The molecule has 3 heteroatoms. The minimum Gasteiger partial charge on any atom is -0.377 e. The summed E-state index contributed by atoms with van der Waals surface area (Å²) in [5.74, 6) is 0. The monoisotopic (exact) mass is 343 g/mol. The van der Waals surface area contributed by atoms with E-state index in [0.29, 0.717) is 0 Å². The predicted molar refractivity (Wildman–Crippen MR) is 77.1 cm³/mol. The van der Waals surface area contributed by atoms with Gasteiger partial charge >= 0.3 is 0 Å². The van der Waals surface area contributed by atoms with E-state index in [1.807, 2.05) is 0 Å². The quantitative estimate of drug-likeness (QED) is 0.766. The van der Waals surface area contributed by atoms with Crippen molar-refractivity contribution < 1.29 is 4.74 Å². The number of halogens is 1. The summed E-state index contributed by atoms with van der Waals surface area (Å²) in [5.41, 5.74) is 1.62. The molecule has 2 saturated heterocycles. The Bertz CT molecular complexity index is 380. The second kappa shape index (κ2) is 4.86. The fraction of sp³-hybridized carbons (Fsp3) is 0.571. The molecule has 0 aromatic heterocycles. The van der Waals surface area contributed by atoms with E-state index in [0.717, 1.165) is 13.2 Å². The molecule has 0 N–H and O–H groups in total. The average Bonchev–Trinajstić information content (AvgIpc) is 2.32. The van der Waals surface area contributed by atoms with Gasteiger partial charge in [0.15, 0.2) is 0 Å². The van der Waals surface area contributed by atoms with Gasteiger partial charge in [0.25, 0.3) is 0 Å². The van der Waals surface area contributed by atoms with Crippen molar-refractivity contribution in [1.82, 2.24) is 4.90 Å². The van der Waals surface area contributed by atoms with Crippen LogP contribution in [-0.4, -0.2) is 31.2 Å². The molecule has 0 atom stereocenters. The molecule has 0 spiro atoms. The van der Waals surface area contributed by atoms with Crippen molar-refractivity contribution in [1.29, 1.82) is 0 Å². The van der Waals surface area contributed by atoms with Crippen LogP contribution in [0.4, 0.5) is 0 Å². The first kappa shape index (κ1) is 11.9.